The summed E-state index contributed by atoms with van der Waals surface area (Å²) >= 11 is 0. The Labute approximate surface area is 148 Å². The molecule has 1 unspecified atom stereocenters. The number of anilines is 1. The van der Waals surface area contributed by atoms with E-state index in [0.717, 1.165) is 12.8 Å². The van der Waals surface area contributed by atoms with Gasteiger partial charge in [-0.1, -0.05) is 39.0 Å². The molecule has 6 nitrogen and oxygen atoms in total. The highest BCUT2D eigenvalue weighted by molar-refractivity contribution is 5.94. The Bertz CT molecular complexity index is 664. The van der Waals surface area contributed by atoms with Gasteiger partial charge in [0.05, 0.1) is 12.3 Å². The minimum Gasteiger partial charge on any atom is -0.481 e. The van der Waals surface area contributed by atoms with E-state index in [2.05, 4.69) is 5.32 Å². The number of carboxylic acids is 1. The van der Waals surface area contributed by atoms with Gasteiger partial charge in [-0.3, -0.25) is 14.4 Å². The zero-order valence-electron chi connectivity index (χ0n) is 15.0. The number of nitrogens with one attached hydrogen (secondary N) is 1. The molecule has 1 atom stereocenters. The molecular weight excluding hydrogens is 320 g/mol. The molecule has 1 aromatic carbocycles. The van der Waals surface area contributed by atoms with Crippen LogP contribution in [0.25, 0.3) is 0 Å². The quantitative estimate of drug-likeness (QED) is 0.877. The first kappa shape index (κ1) is 19.0. The number of hydrogen-bond donors (Lipinski definition) is 2. The number of hydrogen-bond acceptors (Lipinski definition) is 3. The predicted octanol–water partition coefficient (Wildman–Crippen LogP) is 2.54. The first-order valence-electron chi connectivity index (χ1n) is 8.58. The summed E-state index contributed by atoms with van der Waals surface area (Å²) in [7, 11) is 0. The Morgan fingerprint density at radius 1 is 1.24 bits per heavy atom. The Morgan fingerprint density at radius 2 is 1.92 bits per heavy atom. The van der Waals surface area contributed by atoms with Gasteiger partial charge < -0.3 is 15.3 Å². The van der Waals surface area contributed by atoms with Crippen molar-refractivity contribution >= 4 is 23.5 Å². The lowest BCUT2D eigenvalue weighted by Crippen LogP contribution is -2.47. The number of nitrogens with zero attached hydrogens (tertiary/aromatic N) is 1. The number of benzene rings is 1. The molecule has 6 heteroatoms. The van der Waals surface area contributed by atoms with Crippen molar-refractivity contribution in [3.63, 3.8) is 0 Å². The van der Waals surface area contributed by atoms with Crippen molar-refractivity contribution in [3.05, 3.63) is 29.8 Å². The van der Waals surface area contributed by atoms with Crippen molar-refractivity contribution in [3.8, 4) is 0 Å². The van der Waals surface area contributed by atoms with E-state index in [0.29, 0.717) is 24.3 Å². The van der Waals surface area contributed by atoms with Crippen LogP contribution in [0.3, 0.4) is 0 Å². The molecule has 2 N–H and O–H groups in total. The van der Waals surface area contributed by atoms with Crippen molar-refractivity contribution in [2.75, 3.05) is 18.4 Å². The molecule has 0 aromatic heterocycles. The van der Waals surface area contributed by atoms with Gasteiger partial charge in [0.1, 0.15) is 0 Å². The van der Waals surface area contributed by atoms with Gasteiger partial charge in [-0.2, -0.15) is 0 Å². The van der Waals surface area contributed by atoms with Gasteiger partial charge in [0.25, 0.3) is 0 Å². The molecule has 0 saturated carbocycles. The predicted molar refractivity (Wildman–Crippen MR) is 95.2 cm³/mol. The monoisotopic (exact) mass is 346 g/mol. The second-order valence-electron chi connectivity index (χ2n) is 7.56. The molecule has 2 rings (SSSR count). The number of amides is 2. The Hall–Kier alpha value is -2.37. The van der Waals surface area contributed by atoms with Crippen LogP contribution in [0.4, 0.5) is 5.69 Å². The SMILES string of the molecule is CC(C)(C)C(=O)N1CCCC(C(=O)Nc2ccccc2CC(=O)O)C1. The van der Waals surface area contributed by atoms with E-state index in [9.17, 15) is 14.4 Å². The topological polar surface area (TPSA) is 86.7 Å². The van der Waals surface area contributed by atoms with E-state index in [-0.39, 0.29) is 24.2 Å². The minimum atomic E-state index is -0.943. The summed E-state index contributed by atoms with van der Waals surface area (Å²) in [5.41, 5.74) is 0.628. The maximum Gasteiger partial charge on any atom is 0.307 e. The van der Waals surface area contributed by atoms with Crippen LogP contribution in [0.5, 0.6) is 0 Å². The molecule has 0 aliphatic carbocycles. The Morgan fingerprint density at radius 3 is 2.56 bits per heavy atom. The highest BCUT2D eigenvalue weighted by Crippen LogP contribution is 2.25. The normalized spacial score (nSPS) is 17.9. The van der Waals surface area contributed by atoms with E-state index >= 15 is 0 Å². The molecule has 1 aliphatic heterocycles. The van der Waals surface area contributed by atoms with Crippen LogP contribution < -0.4 is 5.32 Å². The number of aliphatic carboxylic acids is 1. The second kappa shape index (κ2) is 7.68. The van der Waals surface area contributed by atoms with Crippen LogP contribution in [0.1, 0.15) is 39.2 Å². The number of carbonyl (C=O) groups is 3. The zero-order valence-corrected chi connectivity index (χ0v) is 15.0. The first-order valence-corrected chi connectivity index (χ1v) is 8.58. The molecule has 0 spiro atoms. The first-order chi connectivity index (χ1) is 11.7. The van der Waals surface area contributed by atoms with E-state index in [1.807, 2.05) is 20.8 Å². The summed E-state index contributed by atoms with van der Waals surface area (Å²) in [4.78, 5) is 37.8. The smallest absolute Gasteiger partial charge is 0.307 e. The van der Waals surface area contributed by atoms with Gasteiger partial charge in [-0.25, -0.2) is 0 Å². The lowest BCUT2D eigenvalue weighted by atomic mass is 9.91. The molecule has 2 amide bonds. The van der Waals surface area contributed by atoms with Crippen molar-refractivity contribution in [2.45, 2.75) is 40.0 Å². The van der Waals surface area contributed by atoms with Gasteiger partial charge in [0, 0.05) is 24.2 Å². The molecular formula is C19H26N2O4. The molecule has 0 bridgehead atoms. The third-order valence-corrected chi connectivity index (χ3v) is 4.34. The lowest BCUT2D eigenvalue weighted by molar-refractivity contribution is -0.142. The van der Waals surface area contributed by atoms with Gasteiger partial charge in [-0.05, 0) is 24.5 Å². The summed E-state index contributed by atoms with van der Waals surface area (Å²) in [6.45, 7) is 6.71. The van der Waals surface area contributed by atoms with Crippen molar-refractivity contribution < 1.29 is 19.5 Å². The fourth-order valence-corrected chi connectivity index (χ4v) is 3.04. The van der Waals surface area contributed by atoms with Gasteiger partial charge in [0.15, 0.2) is 0 Å². The fraction of sp³-hybridized carbons (Fsp3) is 0.526. The van der Waals surface area contributed by atoms with Crippen LogP contribution in [-0.2, 0) is 20.8 Å². The molecule has 136 valence electrons. The van der Waals surface area contributed by atoms with Crippen LogP contribution >= 0.6 is 0 Å². The average Bonchev–Trinajstić information content (AvgIpc) is 2.54. The summed E-state index contributed by atoms with van der Waals surface area (Å²) in [5.74, 6) is -1.33. The van der Waals surface area contributed by atoms with E-state index in [1.165, 1.54) is 0 Å². The lowest BCUT2D eigenvalue weighted by Gasteiger charge is -2.36. The zero-order chi connectivity index (χ0) is 18.6. The summed E-state index contributed by atoms with van der Waals surface area (Å²) in [6.07, 6.45) is 1.37. The fourth-order valence-electron chi connectivity index (χ4n) is 3.04. The van der Waals surface area contributed by atoms with Crippen LogP contribution in [-0.4, -0.2) is 40.9 Å². The Kier molecular flexibility index (Phi) is 5.82. The van der Waals surface area contributed by atoms with E-state index in [1.54, 1.807) is 29.2 Å². The summed E-state index contributed by atoms with van der Waals surface area (Å²) < 4.78 is 0. The maximum absolute atomic E-state index is 12.6. The van der Waals surface area contributed by atoms with E-state index in [4.69, 9.17) is 5.11 Å². The number of piperidine rings is 1. The van der Waals surface area contributed by atoms with Crippen LogP contribution in [0.15, 0.2) is 24.3 Å². The van der Waals surface area contributed by atoms with Gasteiger partial charge in [-0.15, -0.1) is 0 Å². The molecule has 1 heterocycles. The molecule has 1 aliphatic rings. The number of carbonyl (C=O) groups excluding carboxylic acids is 2. The standard InChI is InChI=1S/C19H26N2O4/c1-19(2,3)18(25)21-10-6-8-14(12-21)17(24)20-15-9-5-4-7-13(15)11-16(22)23/h4-5,7,9,14H,6,8,10-12H2,1-3H3,(H,20,24)(H,22,23). The third kappa shape index (κ3) is 5.05. The number of para-hydroxylation sites is 1. The largest absolute Gasteiger partial charge is 0.481 e. The van der Waals surface area contributed by atoms with Crippen molar-refractivity contribution in [1.29, 1.82) is 0 Å². The molecule has 0 radical (unpaired) electrons. The average molecular weight is 346 g/mol. The number of rotatable bonds is 4. The second-order valence-corrected chi connectivity index (χ2v) is 7.56. The molecule has 1 saturated heterocycles. The number of carboxylic acid groups (broad SMARTS) is 1. The maximum atomic E-state index is 12.6. The van der Waals surface area contributed by atoms with Gasteiger partial charge in [0.2, 0.25) is 11.8 Å². The van der Waals surface area contributed by atoms with Gasteiger partial charge >= 0.3 is 5.97 Å². The highest BCUT2D eigenvalue weighted by Gasteiger charge is 2.33. The summed E-state index contributed by atoms with van der Waals surface area (Å²) in [6, 6.07) is 6.91. The van der Waals surface area contributed by atoms with Crippen molar-refractivity contribution in [1.82, 2.24) is 4.90 Å². The number of likely N-dealkylation sites (tertiary alicyclic amines) is 1. The van der Waals surface area contributed by atoms with Crippen molar-refractivity contribution in [2.24, 2.45) is 11.3 Å². The van der Waals surface area contributed by atoms with E-state index < -0.39 is 11.4 Å². The van der Waals surface area contributed by atoms with Crippen LogP contribution in [0, 0.1) is 11.3 Å². The molecule has 1 fully saturated rings. The highest BCUT2D eigenvalue weighted by atomic mass is 16.4. The molecule has 25 heavy (non-hydrogen) atoms. The summed E-state index contributed by atoms with van der Waals surface area (Å²) in [5, 5.41) is 11.8. The third-order valence-electron chi connectivity index (χ3n) is 4.34. The minimum absolute atomic E-state index is 0.0521. The van der Waals surface area contributed by atoms with Crippen LogP contribution in [0.2, 0.25) is 0 Å². The molecule has 1 aromatic rings. The Balaban J connectivity index is 2.06.